The fourth-order valence-corrected chi connectivity index (χ4v) is 2.48. The van der Waals surface area contributed by atoms with E-state index in [1.54, 1.807) is 6.20 Å². The standard InChI is InChI=1S/C15H27N3O2/c1-5-7-16-13-8-14(15(13)19-6-2)20-12-9-17-18(10-12)11(3)4/h9-11,13-16H,5-8H2,1-4H3. The molecule has 0 radical (unpaired) electrons. The fraction of sp³-hybridized carbons (Fsp3) is 0.800. The van der Waals surface area contributed by atoms with Crippen molar-refractivity contribution in [1.82, 2.24) is 15.1 Å². The predicted octanol–water partition coefficient (Wildman–Crippen LogP) is 2.39. The maximum atomic E-state index is 6.01. The quantitative estimate of drug-likeness (QED) is 0.795. The predicted molar refractivity (Wildman–Crippen MR) is 79.1 cm³/mol. The topological polar surface area (TPSA) is 48.3 Å². The molecular weight excluding hydrogens is 254 g/mol. The Hall–Kier alpha value is -1.07. The summed E-state index contributed by atoms with van der Waals surface area (Å²) in [5, 5.41) is 7.82. The lowest BCUT2D eigenvalue weighted by Gasteiger charge is -2.43. The van der Waals surface area contributed by atoms with Gasteiger partial charge in [0.25, 0.3) is 0 Å². The van der Waals surface area contributed by atoms with Crippen molar-refractivity contribution in [3.63, 3.8) is 0 Å². The molecule has 0 aromatic carbocycles. The summed E-state index contributed by atoms with van der Waals surface area (Å²) < 4.78 is 13.7. The second-order valence-electron chi connectivity index (χ2n) is 5.62. The van der Waals surface area contributed by atoms with Crippen LogP contribution >= 0.6 is 0 Å². The Morgan fingerprint density at radius 1 is 1.45 bits per heavy atom. The lowest BCUT2D eigenvalue weighted by molar-refractivity contribution is -0.104. The van der Waals surface area contributed by atoms with Gasteiger partial charge in [0, 0.05) is 25.1 Å². The average molecular weight is 281 g/mol. The number of rotatable bonds is 8. The minimum atomic E-state index is 0.133. The third-order valence-corrected chi connectivity index (χ3v) is 3.66. The third-order valence-electron chi connectivity index (χ3n) is 3.66. The molecule has 20 heavy (non-hydrogen) atoms. The van der Waals surface area contributed by atoms with E-state index in [-0.39, 0.29) is 12.2 Å². The summed E-state index contributed by atoms with van der Waals surface area (Å²) in [4.78, 5) is 0. The lowest BCUT2D eigenvalue weighted by Crippen LogP contribution is -2.61. The lowest BCUT2D eigenvalue weighted by atomic mass is 9.85. The highest BCUT2D eigenvalue weighted by atomic mass is 16.5. The van der Waals surface area contributed by atoms with Crippen LogP contribution in [0.3, 0.4) is 0 Å². The maximum absolute atomic E-state index is 6.01. The Morgan fingerprint density at radius 3 is 2.85 bits per heavy atom. The van der Waals surface area contributed by atoms with E-state index in [0.29, 0.717) is 12.1 Å². The number of aromatic nitrogens is 2. The molecule has 0 amide bonds. The molecule has 1 aromatic rings. The average Bonchev–Trinajstić information content (AvgIpc) is 2.88. The fourth-order valence-electron chi connectivity index (χ4n) is 2.48. The Balaban J connectivity index is 1.88. The van der Waals surface area contributed by atoms with Crippen LogP contribution in [0.15, 0.2) is 12.4 Å². The van der Waals surface area contributed by atoms with E-state index < -0.39 is 0 Å². The zero-order valence-corrected chi connectivity index (χ0v) is 13.0. The summed E-state index contributed by atoms with van der Waals surface area (Å²) in [5.41, 5.74) is 0. The molecule has 3 unspecified atom stereocenters. The SMILES string of the molecule is CCCNC1CC(Oc2cnn(C(C)C)c2)C1OCC. The molecule has 2 rings (SSSR count). The summed E-state index contributed by atoms with van der Waals surface area (Å²) in [6.45, 7) is 10.2. The molecule has 3 atom stereocenters. The molecule has 1 heterocycles. The van der Waals surface area contributed by atoms with Crippen LogP contribution in [0.5, 0.6) is 5.75 Å². The zero-order chi connectivity index (χ0) is 14.5. The number of ether oxygens (including phenoxy) is 2. The van der Waals surface area contributed by atoms with Gasteiger partial charge in [0.15, 0.2) is 5.75 Å². The molecule has 5 nitrogen and oxygen atoms in total. The van der Waals surface area contributed by atoms with E-state index in [9.17, 15) is 0 Å². The zero-order valence-electron chi connectivity index (χ0n) is 13.0. The second-order valence-corrected chi connectivity index (χ2v) is 5.62. The molecule has 0 aliphatic heterocycles. The molecule has 1 fully saturated rings. The summed E-state index contributed by atoms with van der Waals surface area (Å²) >= 11 is 0. The molecule has 1 N–H and O–H groups in total. The largest absolute Gasteiger partial charge is 0.484 e. The van der Waals surface area contributed by atoms with Gasteiger partial charge in [-0.2, -0.15) is 5.10 Å². The van der Waals surface area contributed by atoms with Crippen LogP contribution in [0, 0.1) is 0 Å². The van der Waals surface area contributed by atoms with Crippen molar-refractivity contribution >= 4 is 0 Å². The van der Waals surface area contributed by atoms with Crippen molar-refractivity contribution in [2.45, 2.75) is 64.8 Å². The Labute approximate surface area is 121 Å². The molecule has 5 heteroatoms. The molecule has 1 saturated carbocycles. The van der Waals surface area contributed by atoms with Gasteiger partial charge in [0.2, 0.25) is 0 Å². The number of hydrogen-bond donors (Lipinski definition) is 1. The molecule has 114 valence electrons. The molecular formula is C15H27N3O2. The van der Waals surface area contributed by atoms with Gasteiger partial charge in [-0.3, -0.25) is 4.68 Å². The minimum Gasteiger partial charge on any atom is -0.484 e. The van der Waals surface area contributed by atoms with E-state index in [1.807, 2.05) is 17.8 Å². The first-order chi connectivity index (χ1) is 9.65. The smallest absolute Gasteiger partial charge is 0.157 e. The number of nitrogens with zero attached hydrogens (tertiary/aromatic N) is 2. The Kier molecular flexibility index (Phi) is 5.43. The van der Waals surface area contributed by atoms with Crippen LogP contribution in [0.2, 0.25) is 0 Å². The first kappa shape index (κ1) is 15.3. The monoisotopic (exact) mass is 281 g/mol. The Bertz CT molecular complexity index is 406. The van der Waals surface area contributed by atoms with Gasteiger partial charge < -0.3 is 14.8 Å². The van der Waals surface area contributed by atoms with Crippen LogP contribution in [0.25, 0.3) is 0 Å². The maximum Gasteiger partial charge on any atom is 0.157 e. The van der Waals surface area contributed by atoms with E-state index in [0.717, 1.165) is 31.7 Å². The minimum absolute atomic E-state index is 0.133. The second kappa shape index (κ2) is 7.09. The van der Waals surface area contributed by atoms with Gasteiger partial charge in [-0.1, -0.05) is 6.92 Å². The highest BCUT2D eigenvalue weighted by molar-refractivity contribution is 5.15. The van der Waals surface area contributed by atoms with E-state index in [2.05, 4.69) is 31.2 Å². The highest BCUT2D eigenvalue weighted by Gasteiger charge is 2.43. The van der Waals surface area contributed by atoms with Crippen molar-refractivity contribution in [3.8, 4) is 5.75 Å². The van der Waals surface area contributed by atoms with Crippen LogP contribution in [0.1, 0.15) is 46.6 Å². The van der Waals surface area contributed by atoms with Gasteiger partial charge in [-0.05, 0) is 33.7 Å². The summed E-state index contributed by atoms with van der Waals surface area (Å²) in [7, 11) is 0. The molecule has 1 aliphatic carbocycles. The third kappa shape index (κ3) is 3.52. The summed E-state index contributed by atoms with van der Waals surface area (Å²) in [6.07, 6.45) is 6.17. The summed E-state index contributed by atoms with van der Waals surface area (Å²) in [6, 6.07) is 0.774. The van der Waals surface area contributed by atoms with Gasteiger partial charge in [-0.15, -0.1) is 0 Å². The van der Waals surface area contributed by atoms with Crippen LogP contribution < -0.4 is 10.1 Å². The highest BCUT2D eigenvalue weighted by Crippen LogP contribution is 2.29. The van der Waals surface area contributed by atoms with Crippen LogP contribution in [-0.2, 0) is 4.74 Å². The van der Waals surface area contributed by atoms with E-state index >= 15 is 0 Å². The van der Waals surface area contributed by atoms with Gasteiger partial charge in [-0.25, -0.2) is 0 Å². The van der Waals surface area contributed by atoms with Crippen molar-refractivity contribution in [3.05, 3.63) is 12.4 Å². The normalized spacial score (nSPS) is 25.8. The number of nitrogens with one attached hydrogen (secondary N) is 1. The van der Waals surface area contributed by atoms with Crippen LogP contribution in [0.4, 0.5) is 0 Å². The van der Waals surface area contributed by atoms with Gasteiger partial charge >= 0.3 is 0 Å². The van der Waals surface area contributed by atoms with Crippen molar-refractivity contribution < 1.29 is 9.47 Å². The van der Waals surface area contributed by atoms with E-state index in [4.69, 9.17) is 9.47 Å². The Morgan fingerprint density at radius 2 is 2.25 bits per heavy atom. The van der Waals surface area contributed by atoms with Crippen molar-refractivity contribution in [2.24, 2.45) is 0 Å². The van der Waals surface area contributed by atoms with Gasteiger partial charge in [0.1, 0.15) is 12.2 Å². The number of hydrogen-bond acceptors (Lipinski definition) is 4. The van der Waals surface area contributed by atoms with Crippen molar-refractivity contribution in [2.75, 3.05) is 13.2 Å². The first-order valence-corrected chi connectivity index (χ1v) is 7.71. The first-order valence-electron chi connectivity index (χ1n) is 7.71. The molecule has 1 aliphatic rings. The molecule has 0 spiro atoms. The van der Waals surface area contributed by atoms with Crippen LogP contribution in [-0.4, -0.2) is 41.2 Å². The molecule has 0 bridgehead atoms. The molecule has 1 aromatic heterocycles. The molecule has 0 saturated heterocycles. The summed E-state index contributed by atoms with van der Waals surface area (Å²) in [5.74, 6) is 0.836. The van der Waals surface area contributed by atoms with Crippen molar-refractivity contribution in [1.29, 1.82) is 0 Å². The van der Waals surface area contributed by atoms with E-state index in [1.165, 1.54) is 0 Å². The van der Waals surface area contributed by atoms with Gasteiger partial charge in [0.05, 0.1) is 12.4 Å².